The van der Waals surface area contributed by atoms with Crippen molar-refractivity contribution in [1.29, 1.82) is 0 Å². The Hall–Kier alpha value is -3.52. The van der Waals surface area contributed by atoms with E-state index in [9.17, 15) is 18.4 Å². The number of carbonyl (C=O) groups is 1. The van der Waals surface area contributed by atoms with Gasteiger partial charge in [0.15, 0.2) is 5.16 Å². The molecule has 33 heavy (non-hydrogen) atoms. The van der Waals surface area contributed by atoms with Crippen LogP contribution in [0.4, 0.5) is 14.5 Å². The first-order chi connectivity index (χ1) is 15.8. The lowest BCUT2D eigenvalue weighted by Gasteiger charge is -2.19. The Labute approximate surface area is 193 Å². The van der Waals surface area contributed by atoms with Gasteiger partial charge in [0.1, 0.15) is 17.3 Å². The minimum atomic E-state index is -0.864. The lowest BCUT2D eigenvalue weighted by molar-refractivity contribution is -0.115. The van der Waals surface area contributed by atoms with E-state index in [0.29, 0.717) is 21.7 Å². The van der Waals surface area contributed by atoms with Gasteiger partial charge in [-0.15, -0.1) is 0 Å². The summed E-state index contributed by atoms with van der Waals surface area (Å²) in [5.74, 6) is -2.34. The van der Waals surface area contributed by atoms with Crippen LogP contribution in [0.25, 0.3) is 16.6 Å². The maximum atomic E-state index is 14.0. The third kappa shape index (κ3) is 4.39. The van der Waals surface area contributed by atoms with Gasteiger partial charge < -0.3 is 5.32 Å². The molecule has 1 unspecified atom stereocenters. The van der Waals surface area contributed by atoms with Crippen LogP contribution in [-0.4, -0.2) is 20.7 Å². The average molecular weight is 466 g/mol. The van der Waals surface area contributed by atoms with Crippen LogP contribution < -0.4 is 10.9 Å². The minimum Gasteiger partial charge on any atom is -0.320 e. The van der Waals surface area contributed by atoms with Crippen LogP contribution in [0.5, 0.6) is 0 Å². The predicted molar refractivity (Wildman–Crippen MR) is 127 cm³/mol. The molecule has 4 aromatic rings. The van der Waals surface area contributed by atoms with Crippen molar-refractivity contribution in [3.63, 3.8) is 0 Å². The van der Waals surface area contributed by atoms with E-state index in [4.69, 9.17) is 0 Å². The Kier molecular flexibility index (Phi) is 6.29. The SMILES string of the molecule is Cc1cccc(C)c1-n1c(SC(C)C(=O)Nc2c(F)cccc2F)nc2ccccc2c1=O. The standard InChI is InChI=1S/C25H21F2N3O2S/c1-14-8-6-9-15(2)22(14)30-24(32)17-10-4-5-13-20(17)28-25(30)33-16(3)23(31)29-21-18(26)11-7-12-19(21)27/h4-13,16H,1-3H3,(H,29,31). The molecule has 1 atom stereocenters. The third-order valence-electron chi connectivity index (χ3n) is 5.27. The first-order valence-corrected chi connectivity index (χ1v) is 11.2. The van der Waals surface area contributed by atoms with Gasteiger partial charge in [-0.05, 0) is 56.2 Å². The quantitative estimate of drug-likeness (QED) is 0.317. The van der Waals surface area contributed by atoms with Crippen molar-refractivity contribution in [3.8, 4) is 5.69 Å². The third-order valence-corrected chi connectivity index (χ3v) is 6.32. The van der Waals surface area contributed by atoms with Crippen molar-refractivity contribution in [3.05, 3.63) is 93.8 Å². The molecule has 1 aromatic heterocycles. The van der Waals surface area contributed by atoms with Gasteiger partial charge in [0.25, 0.3) is 5.56 Å². The molecular weight excluding hydrogens is 444 g/mol. The molecular formula is C25H21F2N3O2S. The highest BCUT2D eigenvalue weighted by Crippen LogP contribution is 2.29. The number of hydrogen-bond acceptors (Lipinski definition) is 4. The molecule has 3 aromatic carbocycles. The number of carbonyl (C=O) groups excluding carboxylic acids is 1. The zero-order chi connectivity index (χ0) is 23.7. The van der Waals surface area contributed by atoms with Crippen LogP contribution in [0.2, 0.25) is 0 Å². The molecule has 8 heteroatoms. The maximum Gasteiger partial charge on any atom is 0.266 e. The number of aryl methyl sites for hydroxylation is 2. The predicted octanol–water partition coefficient (Wildman–Crippen LogP) is 5.40. The summed E-state index contributed by atoms with van der Waals surface area (Å²) in [6.07, 6.45) is 0. The van der Waals surface area contributed by atoms with Crippen molar-refractivity contribution in [2.24, 2.45) is 0 Å². The number of amides is 1. The highest BCUT2D eigenvalue weighted by molar-refractivity contribution is 8.00. The van der Waals surface area contributed by atoms with Crippen molar-refractivity contribution < 1.29 is 13.6 Å². The van der Waals surface area contributed by atoms with Crippen molar-refractivity contribution in [2.45, 2.75) is 31.2 Å². The van der Waals surface area contributed by atoms with Crippen LogP contribution >= 0.6 is 11.8 Å². The highest BCUT2D eigenvalue weighted by atomic mass is 32.2. The van der Waals surface area contributed by atoms with E-state index < -0.39 is 28.5 Å². The summed E-state index contributed by atoms with van der Waals surface area (Å²) in [7, 11) is 0. The van der Waals surface area contributed by atoms with Crippen LogP contribution in [0, 0.1) is 25.5 Å². The van der Waals surface area contributed by atoms with E-state index >= 15 is 0 Å². The summed E-state index contributed by atoms with van der Waals surface area (Å²) in [5, 5.41) is 2.28. The molecule has 5 nitrogen and oxygen atoms in total. The van der Waals surface area contributed by atoms with Crippen molar-refractivity contribution in [1.82, 2.24) is 9.55 Å². The minimum absolute atomic E-state index is 0.256. The van der Waals surface area contributed by atoms with Gasteiger partial charge >= 0.3 is 0 Å². The second-order valence-electron chi connectivity index (χ2n) is 7.64. The van der Waals surface area contributed by atoms with E-state index in [0.717, 1.165) is 35.0 Å². The molecule has 0 aliphatic heterocycles. The average Bonchev–Trinajstić information content (AvgIpc) is 2.78. The van der Waals surface area contributed by atoms with Gasteiger partial charge in [-0.3, -0.25) is 14.2 Å². The maximum absolute atomic E-state index is 14.0. The number of para-hydroxylation sites is 3. The molecule has 1 heterocycles. The van der Waals surface area contributed by atoms with Crippen molar-refractivity contribution in [2.75, 3.05) is 5.32 Å². The van der Waals surface area contributed by atoms with Gasteiger partial charge in [-0.1, -0.05) is 48.2 Å². The van der Waals surface area contributed by atoms with Crippen LogP contribution in [-0.2, 0) is 4.79 Å². The Morgan fingerprint density at radius 3 is 2.24 bits per heavy atom. The molecule has 1 N–H and O–H groups in total. The normalized spacial score (nSPS) is 12.0. The number of nitrogens with one attached hydrogen (secondary N) is 1. The largest absolute Gasteiger partial charge is 0.320 e. The van der Waals surface area contributed by atoms with Gasteiger partial charge in [0, 0.05) is 0 Å². The lowest BCUT2D eigenvalue weighted by Crippen LogP contribution is -2.27. The first-order valence-electron chi connectivity index (χ1n) is 10.3. The zero-order valence-electron chi connectivity index (χ0n) is 18.2. The molecule has 0 aliphatic rings. The van der Waals surface area contributed by atoms with E-state index in [1.54, 1.807) is 31.2 Å². The van der Waals surface area contributed by atoms with Gasteiger partial charge in [0.05, 0.1) is 21.8 Å². The number of thioether (sulfide) groups is 1. The number of rotatable bonds is 5. The second kappa shape index (κ2) is 9.15. The fraction of sp³-hybridized carbons (Fsp3) is 0.160. The summed E-state index contributed by atoms with van der Waals surface area (Å²) in [6, 6.07) is 16.1. The molecule has 0 bridgehead atoms. The second-order valence-corrected chi connectivity index (χ2v) is 8.95. The van der Waals surface area contributed by atoms with Gasteiger partial charge in [0.2, 0.25) is 5.91 Å². The summed E-state index contributed by atoms with van der Waals surface area (Å²) in [5.41, 5.74) is 2.18. The van der Waals surface area contributed by atoms with Crippen molar-refractivity contribution >= 4 is 34.3 Å². The van der Waals surface area contributed by atoms with Crippen LogP contribution in [0.3, 0.4) is 0 Å². The molecule has 1 amide bonds. The zero-order valence-corrected chi connectivity index (χ0v) is 19.0. The smallest absolute Gasteiger partial charge is 0.266 e. The van der Waals surface area contributed by atoms with E-state index in [1.165, 1.54) is 10.6 Å². The highest BCUT2D eigenvalue weighted by Gasteiger charge is 2.23. The molecule has 0 aliphatic carbocycles. The van der Waals surface area contributed by atoms with Gasteiger partial charge in [-0.25, -0.2) is 13.8 Å². The number of hydrogen-bond donors (Lipinski definition) is 1. The summed E-state index contributed by atoms with van der Waals surface area (Å²) >= 11 is 1.05. The Morgan fingerprint density at radius 2 is 1.58 bits per heavy atom. The molecule has 0 spiro atoms. The number of halogens is 2. The van der Waals surface area contributed by atoms with Crippen LogP contribution in [0.15, 0.2) is 70.6 Å². The topological polar surface area (TPSA) is 64.0 Å². The van der Waals surface area contributed by atoms with Gasteiger partial charge in [-0.2, -0.15) is 0 Å². The summed E-state index contributed by atoms with van der Waals surface area (Å²) in [4.78, 5) is 30.9. The number of benzene rings is 3. The van der Waals surface area contributed by atoms with E-state index in [-0.39, 0.29) is 5.56 Å². The fourth-order valence-electron chi connectivity index (χ4n) is 3.60. The van der Waals surface area contributed by atoms with E-state index in [2.05, 4.69) is 10.3 Å². The fourth-order valence-corrected chi connectivity index (χ4v) is 4.51. The molecule has 168 valence electrons. The Balaban J connectivity index is 1.79. The van der Waals surface area contributed by atoms with Crippen LogP contribution in [0.1, 0.15) is 18.1 Å². The molecule has 0 radical (unpaired) electrons. The molecule has 0 saturated heterocycles. The number of nitrogens with zero attached hydrogens (tertiary/aromatic N) is 2. The first kappa shape index (κ1) is 22.7. The molecule has 4 rings (SSSR count). The Bertz CT molecular complexity index is 1390. The Morgan fingerprint density at radius 1 is 0.970 bits per heavy atom. The lowest BCUT2D eigenvalue weighted by atomic mass is 10.1. The molecule has 0 saturated carbocycles. The molecule has 0 fully saturated rings. The summed E-state index contributed by atoms with van der Waals surface area (Å²) in [6.45, 7) is 5.39. The number of aromatic nitrogens is 2. The monoisotopic (exact) mass is 465 g/mol. The summed E-state index contributed by atoms with van der Waals surface area (Å²) < 4.78 is 29.5. The number of anilines is 1. The van der Waals surface area contributed by atoms with E-state index in [1.807, 2.05) is 32.0 Å². The number of fused-ring (bicyclic) bond motifs is 1.